The lowest BCUT2D eigenvalue weighted by Crippen LogP contribution is -2.50. The molecule has 1 aliphatic heterocycles. The minimum absolute atomic E-state index is 0.210. The van der Waals surface area contributed by atoms with Crippen molar-refractivity contribution in [1.29, 1.82) is 0 Å². The van der Waals surface area contributed by atoms with Gasteiger partial charge in [0.15, 0.2) is 11.6 Å². The Bertz CT molecular complexity index is 2180. The van der Waals surface area contributed by atoms with Gasteiger partial charge in [0.05, 0.1) is 50.5 Å². The van der Waals surface area contributed by atoms with Crippen LogP contribution in [-0.4, -0.2) is 91.6 Å². The number of urea groups is 1. The summed E-state index contributed by atoms with van der Waals surface area (Å²) in [5, 5.41) is 5.39. The number of amides is 3. The topological polar surface area (TPSA) is 162 Å². The lowest BCUT2D eigenvalue weighted by atomic mass is 10.2. The summed E-state index contributed by atoms with van der Waals surface area (Å²) in [6, 6.07) is 29.1. The lowest BCUT2D eigenvalue weighted by molar-refractivity contribution is 0.208. The molecule has 15 nitrogen and oxygen atoms in total. The van der Waals surface area contributed by atoms with Crippen molar-refractivity contribution in [3.8, 4) is 29.0 Å². The number of hydrogen-bond donors (Lipinski definition) is 2. The number of rotatable bonds is 8. The number of ether oxygens (including phenoxy) is 5. The third kappa shape index (κ3) is 8.89. The third-order valence-corrected chi connectivity index (χ3v) is 8.13. The van der Waals surface area contributed by atoms with E-state index in [0.717, 1.165) is 17.2 Å². The second-order valence-electron chi connectivity index (χ2n) is 11.4. The van der Waals surface area contributed by atoms with Crippen LogP contribution >= 0.6 is 0 Å². The highest BCUT2D eigenvalue weighted by Gasteiger charge is 2.24. The van der Waals surface area contributed by atoms with Crippen LogP contribution in [0, 0.1) is 0 Å². The highest BCUT2D eigenvalue weighted by Crippen LogP contribution is 2.30. The van der Waals surface area contributed by atoms with E-state index < -0.39 is 6.09 Å². The van der Waals surface area contributed by atoms with Crippen LogP contribution in [0.25, 0.3) is 22.1 Å². The summed E-state index contributed by atoms with van der Waals surface area (Å²) < 4.78 is 26.4. The van der Waals surface area contributed by atoms with Gasteiger partial charge in [0.1, 0.15) is 17.2 Å². The number of nitrogens with one attached hydrogen (secondary N) is 2. The first-order valence-corrected chi connectivity index (χ1v) is 16.6. The normalized spacial score (nSPS) is 12.3. The highest BCUT2D eigenvalue weighted by atomic mass is 16.6. The van der Waals surface area contributed by atoms with Gasteiger partial charge in [0.2, 0.25) is 0 Å². The Labute approximate surface area is 305 Å². The van der Waals surface area contributed by atoms with Gasteiger partial charge < -0.3 is 33.5 Å². The maximum Gasteiger partial charge on any atom is 0.418 e. The number of benzene rings is 4. The summed E-state index contributed by atoms with van der Waals surface area (Å²) in [6.07, 6.45) is -0.658. The quantitative estimate of drug-likeness (QED) is 0.182. The maximum absolute atomic E-state index is 12.8. The lowest BCUT2D eigenvalue weighted by Gasteiger charge is -2.36. The molecule has 0 saturated carbocycles. The first-order valence-electron chi connectivity index (χ1n) is 16.6. The molecule has 0 spiro atoms. The van der Waals surface area contributed by atoms with Crippen molar-refractivity contribution in [2.24, 2.45) is 0 Å². The molecule has 1 fully saturated rings. The van der Waals surface area contributed by atoms with Gasteiger partial charge in [-0.3, -0.25) is 10.6 Å². The zero-order valence-corrected chi connectivity index (χ0v) is 29.6. The fourth-order valence-corrected chi connectivity index (χ4v) is 5.46. The molecule has 3 amide bonds. The molecule has 3 heterocycles. The molecule has 2 aromatic heterocycles. The molecule has 7 rings (SSSR count). The van der Waals surface area contributed by atoms with Crippen molar-refractivity contribution in [3.05, 3.63) is 97.1 Å². The molecule has 2 N–H and O–H groups in total. The van der Waals surface area contributed by atoms with Crippen LogP contribution in [0.15, 0.2) is 97.1 Å². The van der Waals surface area contributed by atoms with Gasteiger partial charge in [0, 0.05) is 50.1 Å². The highest BCUT2D eigenvalue weighted by molar-refractivity contribution is 5.91. The number of carbonyl (C=O) groups is 2. The van der Waals surface area contributed by atoms with Gasteiger partial charge in [0.25, 0.3) is 11.8 Å². The Balaban J connectivity index is 0.000000192. The molecule has 0 atom stereocenters. The molecular formula is C38H38N8O7. The Morgan fingerprint density at radius 2 is 1.02 bits per heavy atom. The molecule has 0 bridgehead atoms. The van der Waals surface area contributed by atoms with E-state index in [1.54, 1.807) is 49.5 Å². The fourth-order valence-electron chi connectivity index (χ4n) is 5.46. The first-order chi connectivity index (χ1) is 25.9. The largest absolute Gasteiger partial charge is 0.497 e. The maximum atomic E-state index is 12.8. The van der Waals surface area contributed by atoms with Crippen molar-refractivity contribution in [1.82, 2.24) is 24.8 Å². The number of nitrogens with zero attached hydrogens (tertiary/aromatic N) is 6. The number of methoxy groups -OCH3 is 4. The van der Waals surface area contributed by atoms with E-state index in [-0.39, 0.29) is 23.6 Å². The smallest absolute Gasteiger partial charge is 0.418 e. The summed E-state index contributed by atoms with van der Waals surface area (Å²) in [7, 11) is 6.23. The molecule has 1 saturated heterocycles. The van der Waals surface area contributed by atoms with Crippen LogP contribution in [-0.2, 0) is 0 Å². The molecule has 53 heavy (non-hydrogen) atoms. The van der Waals surface area contributed by atoms with Gasteiger partial charge in [-0.15, -0.1) is 0 Å². The Morgan fingerprint density at radius 1 is 0.547 bits per heavy atom. The minimum Gasteiger partial charge on any atom is -0.497 e. The van der Waals surface area contributed by atoms with Crippen LogP contribution in [0.2, 0.25) is 0 Å². The summed E-state index contributed by atoms with van der Waals surface area (Å²) in [5.41, 5.74) is 3.73. The Kier molecular flexibility index (Phi) is 11.4. The summed E-state index contributed by atoms with van der Waals surface area (Å²) >= 11 is 0. The standard InChI is InChI=1S/C22H25N5O4.C16H13N3O3/c1-29-16-12-15(13-17(14-16)30-2)26-8-10-27(11-9-26)22(28)25-20-21(31-3)24-19-7-5-4-6-18(19)23-20;1-21-15-14(17-12-9-5-6-10-13(12)18-15)19-16(20)22-11-7-3-2-4-8-11/h4-7,12-14H,8-11H2,1-3H3,(H,23,25,28);2-10H,1H3,(H,17,19,20). The van der Waals surface area contributed by atoms with E-state index in [9.17, 15) is 9.59 Å². The zero-order chi connectivity index (χ0) is 37.2. The van der Waals surface area contributed by atoms with E-state index in [4.69, 9.17) is 23.7 Å². The molecule has 15 heteroatoms. The molecule has 0 unspecified atom stereocenters. The Morgan fingerprint density at radius 3 is 1.51 bits per heavy atom. The number of hydrogen-bond acceptors (Lipinski definition) is 12. The van der Waals surface area contributed by atoms with E-state index in [2.05, 4.69) is 35.5 Å². The second-order valence-corrected chi connectivity index (χ2v) is 11.4. The predicted octanol–water partition coefficient (Wildman–Crippen LogP) is 6.26. The van der Waals surface area contributed by atoms with Crippen LogP contribution in [0.4, 0.5) is 26.9 Å². The average molecular weight is 719 g/mol. The predicted molar refractivity (Wildman–Crippen MR) is 201 cm³/mol. The van der Waals surface area contributed by atoms with E-state index in [0.29, 0.717) is 59.8 Å². The van der Waals surface area contributed by atoms with E-state index >= 15 is 0 Å². The number of anilines is 3. The van der Waals surface area contributed by atoms with Gasteiger partial charge in [-0.1, -0.05) is 42.5 Å². The van der Waals surface area contributed by atoms with Gasteiger partial charge in [-0.2, -0.15) is 0 Å². The van der Waals surface area contributed by atoms with Crippen LogP contribution in [0.5, 0.6) is 29.0 Å². The summed E-state index contributed by atoms with van der Waals surface area (Å²) in [6.45, 7) is 2.50. The van der Waals surface area contributed by atoms with Gasteiger partial charge in [-0.25, -0.2) is 29.5 Å². The molecule has 1 aliphatic rings. The average Bonchev–Trinajstić information content (AvgIpc) is 3.20. The van der Waals surface area contributed by atoms with Crippen LogP contribution in [0.1, 0.15) is 0 Å². The summed E-state index contributed by atoms with van der Waals surface area (Å²) in [5.74, 6) is 2.94. The van der Waals surface area contributed by atoms with Crippen molar-refractivity contribution in [3.63, 3.8) is 0 Å². The molecule has 0 radical (unpaired) electrons. The summed E-state index contributed by atoms with van der Waals surface area (Å²) in [4.78, 5) is 46.3. The number of piperazine rings is 1. The number of para-hydroxylation sites is 5. The van der Waals surface area contributed by atoms with Crippen LogP contribution < -0.4 is 39.2 Å². The van der Waals surface area contributed by atoms with Crippen molar-refractivity contribution < 1.29 is 33.3 Å². The molecule has 272 valence electrons. The van der Waals surface area contributed by atoms with E-state index in [1.807, 2.05) is 66.7 Å². The van der Waals surface area contributed by atoms with Crippen LogP contribution in [0.3, 0.4) is 0 Å². The molecule has 4 aromatic carbocycles. The molecular weight excluding hydrogens is 680 g/mol. The minimum atomic E-state index is -0.658. The van der Waals surface area contributed by atoms with Gasteiger partial charge in [-0.05, 0) is 36.4 Å². The van der Waals surface area contributed by atoms with Crippen molar-refractivity contribution in [2.45, 2.75) is 0 Å². The SMILES string of the molecule is COc1cc(OC)cc(N2CCN(C(=O)Nc3nc4ccccc4nc3OC)CC2)c1.COc1nc2ccccc2nc1NC(=O)Oc1ccccc1. The number of aromatic nitrogens is 4. The molecule has 6 aromatic rings. The number of fused-ring (bicyclic) bond motifs is 2. The fraction of sp³-hybridized carbons (Fsp3) is 0.211. The zero-order valence-electron chi connectivity index (χ0n) is 29.6. The Hall–Kier alpha value is -6.90. The molecule has 0 aliphatic carbocycles. The van der Waals surface area contributed by atoms with Gasteiger partial charge >= 0.3 is 12.1 Å². The second kappa shape index (κ2) is 16.9. The number of carbonyl (C=O) groups excluding carboxylic acids is 2. The monoisotopic (exact) mass is 718 g/mol. The van der Waals surface area contributed by atoms with Crippen molar-refractivity contribution >= 4 is 51.5 Å². The van der Waals surface area contributed by atoms with Crippen molar-refractivity contribution in [2.75, 3.05) is 70.2 Å². The first kappa shape index (κ1) is 35.9. The third-order valence-electron chi connectivity index (χ3n) is 8.13. The van der Waals surface area contributed by atoms with E-state index in [1.165, 1.54) is 14.2 Å².